The van der Waals surface area contributed by atoms with E-state index in [1.807, 2.05) is 12.1 Å². The molecular formula is C68H50N2O. The summed E-state index contributed by atoms with van der Waals surface area (Å²) in [5.41, 5.74) is 21.0. The SMILES string of the molecule is CC1(C)c2ccccc2-c2cc(N(c3ccccc3)c3ccc4c(-c5ccccc5)c5c6c(cccc6c4c3)C(C)(C)c3cc(N(c4ccccc4)c4ccc6c(c4)oc4ccccc46)ccc3-5)ccc21. The molecule has 12 aromatic rings. The predicted octanol–water partition coefficient (Wildman–Crippen LogP) is 19.1. The first kappa shape index (κ1) is 41.3. The molecule has 338 valence electrons. The first-order valence-electron chi connectivity index (χ1n) is 24.8. The van der Waals surface area contributed by atoms with E-state index in [1.165, 1.54) is 77.2 Å². The summed E-state index contributed by atoms with van der Waals surface area (Å²) in [6.45, 7) is 9.53. The highest BCUT2D eigenvalue weighted by Gasteiger charge is 2.38. The number of nitrogens with zero attached hydrogens (tertiary/aromatic N) is 2. The van der Waals surface area contributed by atoms with Crippen LogP contribution in [0.2, 0.25) is 0 Å². The van der Waals surface area contributed by atoms with Gasteiger partial charge in [-0.15, -0.1) is 0 Å². The molecule has 0 aliphatic heterocycles. The standard InChI is InChI=1S/C68H50N2O/c1-67(2)58-28-16-14-25-50(58)57-40-47(34-38-59(57)67)69(44-21-10-6-11-22-44)46-32-36-54-56(39-46)53-27-18-29-60-65(53)66(64(54)43-19-8-5-9-20-43)55-37-33-48(41-61(55)68(60,3)4)70(45-23-12-7-13-24-45)49-31-35-52-51-26-15-17-30-62(51)71-63(52)42-49/h5-42H,1-4H3. The van der Waals surface area contributed by atoms with Crippen LogP contribution in [0.1, 0.15) is 49.9 Å². The first-order valence-corrected chi connectivity index (χ1v) is 24.8. The summed E-state index contributed by atoms with van der Waals surface area (Å²) in [7, 11) is 0. The third-order valence-electron chi connectivity index (χ3n) is 15.8. The van der Waals surface area contributed by atoms with Gasteiger partial charge in [-0.2, -0.15) is 0 Å². The largest absolute Gasteiger partial charge is 0.456 e. The Bertz CT molecular complexity index is 4110. The number of hydrogen-bond acceptors (Lipinski definition) is 3. The summed E-state index contributed by atoms with van der Waals surface area (Å²) in [6.07, 6.45) is 0. The van der Waals surface area contributed by atoms with Crippen molar-refractivity contribution in [3.05, 3.63) is 253 Å². The second-order valence-corrected chi connectivity index (χ2v) is 20.5. The van der Waals surface area contributed by atoms with Crippen LogP contribution in [0.25, 0.3) is 76.9 Å². The lowest BCUT2D eigenvalue weighted by molar-refractivity contribution is 0.645. The van der Waals surface area contributed by atoms with Gasteiger partial charge >= 0.3 is 0 Å². The van der Waals surface area contributed by atoms with Crippen molar-refractivity contribution in [2.75, 3.05) is 9.80 Å². The van der Waals surface area contributed by atoms with Crippen LogP contribution in [-0.2, 0) is 10.8 Å². The quantitative estimate of drug-likeness (QED) is 0.149. The van der Waals surface area contributed by atoms with Crippen molar-refractivity contribution in [2.24, 2.45) is 0 Å². The molecule has 1 heterocycles. The second kappa shape index (κ2) is 15.4. The number of anilines is 6. The molecule has 0 fully saturated rings. The number of furan rings is 1. The minimum absolute atomic E-state index is 0.0709. The molecule has 0 amide bonds. The van der Waals surface area contributed by atoms with E-state index in [-0.39, 0.29) is 10.8 Å². The van der Waals surface area contributed by atoms with Gasteiger partial charge in [-0.1, -0.05) is 173 Å². The van der Waals surface area contributed by atoms with E-state index in [2.05, 4.69) is 256 Å². The lowest BCUT2D eigenvalue weighted by atomic mass is 9.66. The molecule has 0 saturated heterocycles. The molecule has 2 aliphatic rings. The fraction of sp³-hybridized carbons (Fsp3) is 0.0882. The summed E-state index contributed by atoms with van der Waals surface area (Å²) >= 11 is 0. The number of benzene rings is 11. The molecular weight excluding hydrogens is 861 g/mol. The van der Waals surface area contributed by atoms with Crippen LogP contribution in [0.5, 0.6) is 0 Å². The van der Waals surface area contributed by atoms with E-state index in [9.17, 15) is 0 Å². The van der Waals surface area contributed by atoms with Crippen LogP contribution in [0.4, 0.5) is 34.1 Å². The Balaban J connectivity index is 0.986. The fourth-order valence-electron chi connectivity index (χ4n) is 12.4. The van der Waals surface area contributed by atoms with Gasteiger partial charge in [-0.05, 0) is 156 Å². The van der Waals surface area contributed by atoms with Gasteiger partial charge in [0.05, 0.1) is 0 Å². The first-order chi connectivity index (χ1) is 34.7. The predicted molar refractivity (Wildman–Crippen MR) is 299 cm³/mol. The molecule has 14 rings (SSSR count). The Morgan fingerprint density at radius 1 is 0.296 bits per heavy atom. The van der Waals surface area contributed by atoms with Crippen LogP contribution < -0.4 is 9.80 Å². The minimum Gasteiger partial charge on any atom is -0.456 e. The zero-order chi connectivity index (χ0) is 47.6. The third kappa shape index (κ3) is 6.15. The van der Waals surface area contributed by atoms with E-state index in [4.69, 9.17) is 4.42 Å². The molecule has 3 heteroatoms. The molecule has 0 spiro atoms. The average Bonchev–Trinajstić information content (AvgIpc) is 3.89. The molecule has 0 N–H and O–H groups in total. The molecule has 2 aliphatic carbocycles. The third-order valence-corrected chi connectivity index (χ3v) is 15.8. The van der Waals surface area contributed by atoms with E-state index in [1.54, 1.807) is 0 Å². The Hall–Kier alpha value is -8.66. The number of hydrogen-bond donors (Lipinski definition) is 0. The highest BCUT2D eigenvalue weighted by molar-refractivity contribution is 6.24. The smallest absolute Gasteiger partial charge is 0.137 e. The molecule has 1 aromatic heterocycles. The zero-order valence-corrected chi connectivity index (χ0v) is 40.2. The molecule has 3 nitrogen and oxygen atoms in total. The molecule has 0 bridgehead atoms. The monoisotopic (exact) mass is 910 g/mol. The average molecular weight is 911 g/mol. The Morgan fingerprint density at radius 3 is 1.59 bits per heavy atom. The van der Waals surface area contributed by atoms with Crippen LogP contribution >= 0.6 is 0 Å². The van der Waals surface area contributed by atoms with Crippen LogP contribution in [0.15, 0.2) is 235 Å². The fourth-order valence-corrected chi connectivity index (χ4v) is 12.4. The summed E-state index contributed by atoms with van der Waals surface area (Å²) in [6, 6.07) is 84.9. The maximum Gasteiger partial charge on any atom is 0.137 e. The van der Waals surface area contributed by atoms with Gasteiger partial charge in [-0.3, -0.25) is 0 Å². The van der Waals surface area contributed by atoms with E-state index >= 15 is 0 Å². The van der Waals surface area contributed by atoms with E-state index in [0.717, 1.165) is 56.1 Å². The minimum atomic E-state index is -0.341. The maximum absolute atomic E-state index is 6.47. The van der Waals surface area contributed by atoms with Gasteiger partial charge in [0.1, 0.15) is 11.2 Å². The van der Waals surface area contributed by atoms with Gasteiger partial charge in [0, 0.05) is 61.8 Å². The highest BCUT2D eigenvalue weighted by atomic mass is 16.3. The van der Waals surface area contributed by atoms with Gasteiger partial charge in [0.2, 0.25) is 0 Å². The number of para-hydroxylation sites is 3. The van der Waals surface area contributed by atoms with Gasteiger partial charge in [0.25, 0.3) is 0 Å². The van der Waals surface area contributed by atoms with Gasteiger partial charge < -0.3 is 14.2 Å². The van der Waals surface area contributed by atoms with E-state index in [0.29, 0.717) is 0 Å². The zero-order valence-electron chi connectivity index (χ0n) is 40.2. The summed E-state index contributed by atoms with van der Waals surface area (Å²) in [5.74, 6) is 0. The van der Waals surface area contributed by atoms with Crippen molar-refractivity contribution in [3.8, 4) is 33.4 Å². The molecule has 0 unspecified atom stereocenters. The van der Waals surface area contributed by atoms with Gasteiger partial charge in [-0.25, -0.2) is 0 Å². The lowest BCUT2D eigenvalue weighted by Crippen LogP contribution is -2.24. The van der Waals surface area contributed by atoms with Crippen molar-refractivity contribution in [1.29, 1.82) is 0 Å². The van der Waals surface area contributed by atoms with Crippen molar-refractivity contribution >= 4 is 77.6 Å². The van der Waals surface area contributed by atoms with E-state index < -0.39 is 0 Å². The molecule has 0 atom stereocenters. The lowest BCUT2D eigenvalue weighted by Gasteiger charge is -2.38. The number of fused-ring (bicyclic) bond motifs is 10. The molecule has 0 saturated carbocycles. The Kier molecular flexibility index (Phi) is 8.98. The molecule has 11 aromatic carbocycles. The topological polar surface area (TPSA) is 19.6 Å². The normalized spacial score (nSPS) is 13.9. The summed E-state index contributed by atoms with van der Waals surface area (Å²) in [5, 5.41) is 7.30. The second-order valence-electron chi connectivity index (χ2n) is 20.5. The Morgan fingerprint density at radius 2 is 0.831 bits per heavy atom. The van der Waals surface area contributed by atoms with Crippen molar-refractivity contribution in [3.63, 3.8) is 0 Å². The van der Waals surface area contributed by atoms with Crippen molar-refractivity contribution in [1.82, 2.24) is 0 Å². The maximum atomic E-state index is 6.47. The van der Waals surface area contributed by atoms with Gasteiger partial charge in [0.15, 0.2) is 0 Å². The van der Waals surface area contributed by atoms with Crippen LogP contribution in [-0.4, -0.2) is 0 Å². The number of rotatable bonds is 7. The summed E-state index contributed by atoms with van der Waals surface area (Å²) in [4.78, 5) is 4.81. The van der Waals surface area contributed by atoms with Crippen LogP contribution in [0, 0.1) is 0 Å². The van der Waals surface area contributed by atoms with Crippen molar-refractivity contribution in [2.45, 2.75) is 38.5 Å². The molecule has 71 heavy (non-hydrogen) atoms. The Labute approximate surface area is 414 Å². The molecule has 0 radical (unpaired) electrons. The van der Waals surface area contributed by atoms with Crippen molar-refractivity contribution < 1.29 is 4.42 Å². The summed E-state index contributed by atoms with van der Waals surface area (Å²) < 4.78 is 6.47. The highest BCUT2D eigenvalue weighted by Crippen LogP contribution is 2.57. The van der Waals surface area contributed by atoms with Crippen LogP contribution in [0.3, 0.4) is 0 Å².